The Morgan fingerprint density at radius 3 is 2.07 bits per heavy atom. The van der Waals surface area contributed by atoms with Crippen LogP contribution in [0.4, 0.5) is 11.4 Å². The molecule has 0 saturated carbocycles. The summed E-state index contributed by atoms with van der Waals surface area (Å²) in [6.07, 6.45) is 0. The van der Waals surface area contributed by atoms with Gasteiger partial charge in [0.05, 0.1) is 11.3 Å². The van der Waals surface area contributed by atoms with Crippen molar-refractivity contribution in [2.24, 2.45) is 0 Å². The summed E-state index contributed by atoms with van der Waals surface area (Å²) in [6, 6.07) is 24.0. The first-order chi connectivity index (χ1) is 14.5. The molecule has 0 unspecified atom stereocenters. The Morgan fingerprint density at radius 1 is 0.833 bits per heavy atom. The van der Waals surface area contributed by atoms with Crippen molar-refractivity contribution in [3.63, 3.8) is 0 Å². The van der Waals surface area contributed by atoms with Crippen molar-refractivity contribution in [2.75, 3.05) is 16.3 Å². The van der Waals surface area contributed by atoms with E-state index in [0.29, 0.717) is 34.1 Å². The van der Waals surface area contributed by atoms with Gasteiger partial charge in [-0.15, -0.1) is 0 Å². The average Bonchev–Trinajstić information content (AvgIpc) is 3.01. The van der Waals surface area contributed by atoms with Crippen LogP contribution in [0.2, 0.25) is 5.02 Å². The molecule has 0 atom stereocenters. The van der Waals surface area contributed by atoms with Crippen LogP contribution in [0, 0.1) is 6.92 Å². The summed E-state index contributed by atoms with van der Waals surface area (Å²) in [5.74, 6) is -0.671. The van der Waals surface area contributed by atoms with Gasteiger partial charge >= 0.3 is 0 Å². The van der Waals surface area contributed by atoms with Crippen molar-refractivity contribution in [1.29, 1.82) is 0 Å². The van der Waals surface area contributed by atoms with Crippen LogP contribution >= 0.6 is 11.6 Å². The molecule has 5 heteroatoms. The second kappa shape index (κ2) is 8.17. The molecule has 30 heavy (non-hydrogen) atoms. The quantitative estimate of drug-likeness (QED) is 0.518. The van der Waals surface area contributed by atoms with Gasteiger partial charge in [-0.25, -0.2) is 4.90 Å². The number of rotatable bonds is 5. The molecule has 0 radical (unpaired) electrons. The topological polar surface area (TPSA) is 40.6 Å². The van der Waals surface area contributed by atoms with E-state index in [9.17, 15) is 9.59 Å². The highest BCUT2D eigenvalue weighted by molar-refractivity contribution is 6.46. The molecule has 0 saturated heterocycles. The Morgan fingerprint density at radius 2 is 1.47 bits per heavy atom. The summed E-state index contributed by atoms with van der Waals surface area (Å²) in [5, 5.41) is 0.573. The molecule has 150 valence electrons. The van der Waals surface area contributed by atoms with Crippen LogP contribution in [-0.4, -0.2) is 18.4 Å². The maximum atomic E-state index is 13.6. The van der Waals surface area contributed by atoms with Gasteiger partial charge in [-0.3, -0.25) is 9.59 Å². The van der Waals surface area contributed by atoms with Gasteiger partial charge in [0.2, 0.25) is 0 Å². The zero-order valence-electron chi connectivity index (χ0n) is 16.8. The fourth-order valence-corrected chi connectivity index (χ4v) is 3.78. The molecule has 0 N–H and O–H groups in total. The number of likely N-dealkylation sites (N-methyl/N-ethyl adjacent to an activating group) is 1. The smallest absolute Gasteiger partial charge is 0.282 e. The molecule has 0 aliphatic carbocycles. The first kappa shape index (κ1) is 19.9. The molecule has 4 rings (SSSR count). The molecule has 2 amide bonds. The van der Waals surface area contributed by atoms with E-state index in [0.717, 1.165) is 11.3 Å². The van der Waals surface area contributed by atoms with Crippen LogP contribution in [0.25, 0.3) is 5.57 Å². The molecular weight excluding hydrogens is 396 g/mol. The van der Waals surface area contributed by atoms with Crippen molar-refractivity contribution in [3.8, 4) is 0 Å². The van der Waals surface area contributed by atoms with Gasteiger partial charge in [0.25, 0.3) is 11.8 Å². The van der Waals surface area contributed by atoms with E-state index in [1.807, 2.05) is 61.2 Å². The summed E-state index contributed by atoms with van der Waals surface area (Å²) >= 11 is 6.06. The number of carbonyl (C=O) groups is 2. The van der Waals surface area contributed by atoms with Crippen LogP contribution in [0.3, 0.4) is 0 Å². The van der Waals surface area contributed by atoms with Crippen LogP contribution in [-0.2, 0) is 9.59 Å². The second-order valence-electron chi connectivity index (χ2n) is 7.09. The van der Waals surface area contributed by atoms with E-state index in [1.54, 1.807) is 36.4 Å². The molecular formula is C25H21ClN2O2. The molecule has 0 spiro atoms. The lowest BCUT2D eigenvalue weighted by atomic mass is 10.0. The van der Waals surface area contributed by atoms with Gasteiger partial charge < -0.3 is 4.90 Å². The number of anilines is 2. The zero-order valence-corrected chi connectivity index (χ0v) is 17.6. The number of halogens is 1. The number of imide groups is 1. The van der Waals surface area contributed by atoms with Crippen molar-refractivity contribution in [3.05, 3.63) is 101 Å². The third-order valence-corrected chi connectivity index (χ3v) is 5.39. The van der Waals surface area contributed by atoms with Crippen LogP contribution in [0.15, 0.2) is 84.6 Å². The summed E-state index contributed by atoms with van der Waals surface area (Å²) in [6.45, 7) is 4.47. The predicted octanol–water partition coefficient (Wildman–Crippen LogP) is 5.46. The molecule has 3 aromatic carbocycles. The summed E-state index contributed by atoms with van der Waals surface area (Å²) < 4.78 is 0. The van der Waals surface area contributed by atoms with E-state index in [-0.39, 0.29) is 11.8 Å². The second-order valence-corrected chi connectivity index (χ2v) is 7.53. The lowest BCUT2D eigenvalue weighted by Crippen LogP contribution is -2.35. The van der Waals surface area contributed by atoms with Gasteiger partial charge in [0, 0.05) is 17.3 Å². The highest BCUT2D eigenvalue weighted by Crippen LogP contribution is 2.37. The van der Waals surface area contributed by atoms with E-state index in [2.05, 4.69) is 0 Å². The standard InChI is InChI=1S/C25H21ClN2O2/c1-3-27(20-7-5-4-6-8-20)23-22(18-11-13-19(26)14-12-18)24(29)28(25(23)30)21-15-9-17(2)10-16-21/h4-16H,3H2,1-2H3. The number of amides is 2. The van der Waals surface area contributed by atoms with Crippen molar-refractivity contribution in [2.45, 2.75) is 13.8 Å². The summed E-state index contributed by atoms with van der Waals surface area (Å²) in [5.41, 5.74) is 3.88. The molecule has 3 aromatic rings. The number of para-hydroxylation sites is 1. The fourth-order valence-electron chi connectivity index (χ4n) is 3.65. The minimum absolute atomic E-state index is 0.334. The Balaban J connectivity index is 1.90. The SMILES string of the molecule is CCN(C1=C(c2ccc(Cl)cc2)C(=O)N(c2ccc(C)cc2)C1=O)c1ccccc1. The Hall–Kier alpha value is -3.37. The average molecular weight is 417 g/mol. The number of nitrogens with zero attached hydrogens (tertiary/aromatic N) is 2. The Kier molecular flexibility index (Phi) is 5.42. The normalized spacial score (nSPS) is 13.9. The van der Waals surface area contributed by atoms with Gasteiger partial charge in [-0.05, 0) is 55.8 Å². The number of hydrogen-bond acceptors (Lipinski definition) is 3. The molecule has 1 aliphatic heterocycles. The van der Waals surface area contributed by atoms with Gasteiger partial charge in [-0.2, -0.15) is 0 Å². The number of aryl methyl sites for hydroxylation is 1. The lowest BCUT2D eigenvalue weighted by molar-refractivity contribution is -0.120. The zero-order chi connectivity index (χ0) is 21.3. The molecule has 0 bridgehead atoms. The van der Waals surface area contributed by atoms with Crippen molar-refractivity contribution >= 4 is 40.4 Å². The molecule has 4 nitrogen and oxygen atoms in total. The van der Waals surface area contributed by atoms with Crippen molar-refractivity contribution < 1.29 is 9.59 Å². The first-order valence-corrected chi connectivity index (χ1v) is 10.2. The highest BCUT2D eigenvalue weighted by atomic mass is 35.5. The van der Waals surface area contributed by atoms with Gasteiger partial charge in [-0.1, -0.05) is 59.6 Å². The van der Waals surface area contributed by atoms with E-state index >= 15 is 0 Å². The highest BCUT2D eigenvalue weighted by Gasteiger charge is 2.42. The molecule has 1 heterocycles. The Labute approximate surface area is 181 Å². The predicted molar refractivity (Wildman–Crippen MR) is 122 cm³/mol. The number of carbonyl (C=O) groups excluding carboxylic acids is 2. The molecule has 0 aromatic heterocycles. The lowest BCUT2D eigenvalue weighted by Gasteiger charge is -2.25. The summed E-state index contributed by atoms with van der Waals surface area (Å²) in [4.78, 5) is 30.3. The van der Waals surface area contributed by atoms with E-state index in [1.165, 1.54) is 4.90 Å². The van der Waals surface area contributed by atoms with E-state index < -0.39 is 0 Å². The Bertz CT molecular complexity index is 1120. The minimum Gasteiger partial charge on any atom is -0.337 e. The molecule has 1 aliphatic rings. The third-order valence-electron chi connectivity index (χ3n) is 5.14. The van der Waals surface area contributed by atoms with Gasteiger partial charge in [0.15, 0.2) is 0 Å². The van der Waals surface area contributed by atoms with Crippen molar-refractivity contribution in [1.82, 2.24) is 0 Å². The van der Waals surface area contributed by atoms with Crippen LogP contribution in [0.5, 0.6) is 0 Å². The number of benzene rings is 3. The summed E-state index contributed by atoms with van der Waals surface area (Å²) in [7, 11) is 0. The fraction of sp³-hybridized carbons (Fsp3) is 0.120. The molecule has 0 fully saturated rings. The van der Waals surface area contributed by atoms with E-state index in [4.69, 9.17) is 11.6 Å². The maximum absolute atomic E-state index is 13.6. The third kappa shape index (κ3) is 3.51. The van der Waals surface area contributed by atoms with Gasteiger partial charge in [0.1, 0.15) is 5.70 Å². The monoisotopic (exact) mass is 416 g/mol. The van der Waals surface area contributed by atoms with Crippen LogP contribution < -0.4 is 9.80 Å². The van der Waals surface area contributed by atoms with Crippen LogP contribution in [0.1, 0.15) is 18.1 Å². The largest absolute Gasteiger partial charge is 0.337 e. The maximum Gasteiger partial charge on any atom is 0.282 e. The minimum atomic E-state index is -0.337. The first-order valence-electron chi connectivity index (χ1n) is 9.79. The number of hydrogen-bond donors (Lipinski definition) is 0.